The second kappa shape index (κ2) is 5.88. The molecule has 25 heavy (non-hydrogen) atoms. The minimum atomic E-state index is -1.49. The molecular formula is C19H17F3N2O. The number of rotatable bonds is 1. The molecular weight excluding hydrogens is 329 g/mol. The zero-order valence-electron chi connectivity index (χ0n) is 13.7. The molecule has 2 aliphatic heterocycles. The van der Waals surface area contributed by atoms with E-state index in [0.717, 1.165) is 30.8 Å². The molecule has 1 fully saturated rings. The third-order valence-corrected chi connectivity index (χ3v) is 5.16. The molecule has 0 aliphatic carbocycles. The van der Waals surface area contributed by atoms with Crippen molar-refractivity contribution in [1.82, 2.24) is 10.2 Å². The van der Waals surface area contributed by atoms with E-state index in [4.69, 9.17) is 0 Å². The summed E-state index contributed by atoms with van der Waals surface area (Å²) >= 11 is 0. The summed E-state index contributed by atoms with van der Waals surface area (Å²) in [5.41, 5.74) is 2.16. The topological polar surface area (TPSA) is 32.3 Å². The van der Waals surface area contributed by atoms with Crippen LogP contribution in [-0.4, -0.2) is 37.5 Å². The van der Waals surface area contributed by atoms with Gasteiger partial charge < -0.3 is 10.2 Å². The van der Waals surface area contributed by atoms with Crippen molar-refractivity contribution in [1.29, 1.82) is 0 Å². The molecule has 1 saturated heterocycles. The Bertz CT molecular complexity index is 845. The van der Waals surface area contributed by atoms with Crippen molar-refractivity contribution in [3.63, 3.8) is 0 Å². The van der Waals surface area contributed by atoms with Gasteiger partial charge in [-0.15, -0.1) is 0 Å². The molecule has 130 valence electrons. The molecule has 0 bridgehead atoms. The van der Waals surface area contributed by atoms with Crippen LogP contribution < -0.4 is 5.32 Å². The normalized spacial score (nSPS) is 23.0. The molecule has 0 unspecified atom stereocenters. The quantitative estimate of drug-likeness (QED) is 0.805. The summed E-state index contributed by atoms with van der Waals surface area (Å²) < 4.78 is 40.2. The number of halogens is 3. The maximum Gasteiger partial charge on any atom is 0.251 e. The molecule has 0 saturated carbocycles. The number of hydrogen-bond acceptors (Lipinski definition) is 2. The lowest BCUT2D eigenvalue weighted by atomic mass is 9.86. The number of carbonyl (C=O) groups is 1. The highest BCUT2D eigenvalue weighted by molar-refractivity contribution is 5.97. The molecule has 1 N–H and O–H groups in total. The van der Waals surface area contributed by atoms with Crippen LogP contribution in [0.3, 0.4) is 0 Å². The van der Waals surface area contributed by atoms with Gasteiger partial charge in [-0.1, -0.05) is 12.1 Å². The van der Waals surface area contributed by atoms with Gasteiger partial charge in [-0.2, -0.15) is 0 Å². The Labute approximate surface area is 143 Å². The SMILES string of the molecule is CN1C[C@@H]2CNC(=O)c3cc(-c4cc(F)c(F)c(F)c4)ccc3[C@H]2C1. The van der Waals surface area contributed by atoms with E-state index in [9.17, 15) is 18.0 Å². The first-order valence-electron chi connectivity index (χ1n) is 8.19. The molecule has 0 spiro atoms. The third-order valence-electron chi connectivity index (χ3n) is 5.16. The van der Waals surface area contributed by atoms with Crippen molar-refractivity contribution in [3.05, 3.63) is 58.9 Å². The molecule has 1 amide bonds. The van der Waals surface area contributed by atoms with Crippen molar-refractivity contribution in [3.8, 4) is 11.1 Å². The van der Waals surface area contributed by atoms with Gasteiger partial charge in [0, 0.05) is 31.1 Å². The largest absolute Gasteiger partial charge is 0.352 e. The Hall–Kier alpha value is -2.34. The van der Waals surface area contributed by atoms with Crippen LogP contribution in [0.25, 0.3) is 11.1 Å². The minimum Gasteiger partial charge on any atom is -0.352 e. The summed E-state index contributed by atoms with van der Waals surface area (Å²) in [6.45, 7) is 2.39. The second-order valence-corrected chi connectivity index (χ2v) is 6.85. The number of nitrogens with zero attached hydrogens (tertiary/aromatic N) is 1. The predicted octanol–water partition coefficient (Wildman–Crippen LogP) is 3.16. The number of likely N-dealkylation sites (tertiary alicyclic amines) is 1. The molecule has 3 nitrogen and oxygen atoms in total. The van der Waals surface area contributed by atoms with E-state index < -0.39 is 17.5 Å². The van der Waals surface area contributed by atoms with Crippen molar-refractivity contribution >= 4 is 5.91 Å². The highest BCUT2D eigenvalue weighted by Gasteiger charge is 2.36. The first kappa shape index (κ1) is 16.1. The molecule has 2 heterocycles. The third kappa shape index (κ3) is 2.70. The van der Waals surface area contributed by atoms with Crippen LogP contribution in [0, 0.1) is 23.4 Å². The van der Waals surface area contributed by atoms with E-state index in [1.54, 1.807) is 12.1 Å². The van der Waals surface area contributed by atoms with Gasteiger partial charge in [-0.25, -0.2) is 13.2 Å². The summed E-state index contributed by atoms with van der Waals surface area (Å²) in [6, 6.07) is 7.11. The standard InChI is InChI=1S/C19H17F3N2O/c1-24-8-12-7-23-19(25)14-4-10(2-3-13(14)15(12)9-24)11-5-16(20)18(22)17(21)6-11/h2-6,12,15H,7-9H2,1H3,(H,23,25)/t12-,15-/m0/s1. The molecule has 6 heteroatoms. The maximum atomic E-state index is 13.5. The number of likely N-dealkylation sites (N-methyl/N-ethyl adjacent to an activating group) is 1. The Kier molecular flexibility index (Phi) is 3.80. The fraction of sp³-hybridized carbons (Fsp3) is 0.316. The van der Waals surface area contributed by atoms with Gasteiger partial charge >= 0.3 is 0 Å². The van der Waals surface area contributed by atoms with Gasteiger partial charge in [0.1, 0.15) is 0 Å². The lowest BCUT2D eigenvalue weighted by molar-refractivity contribution is 0.0951. The number of benzene rings is 2. The predicted molar refractivity (Wildman–Crippen MR) is 87.8 cm³/mol. The number of fused-ring (bicyclic) bond motifs is 3. The molecule has 2 aromatic rings. The molecule has 2 atom stereocenters. The molecule has 2 aromatic carbocycles. The smallest absolute Gasteiger partial charge is 0.251 e. The summed E-state index contributed by atoms with van der Waals surface area (Å²) in [5.74, 6) is -3.57. The second-order valence-electron chi connectivity index (χ2n) is 6.85. The van der Waals surface area contributed by atoms with Crippen LogP contribution in [0.1, 0.15) is 21.8 Å². The lowest BCUT2D eigenvalue weighted by Gasteiger charge is -2.17. The van der Waals surface area contributed by atoms with Gasteiger partial charge in [0.15, 0.2) is 17.5 Å². The summed E-state index contributed by atoms with van der Waals surface area (Å²) in [5, 5.41) is 2.93. The van der Waals surface area contributed by atoms with E-state index in [1.807, 2.05) is 6.07 Å². The van der Waals surface area contributed by atoms with Crippen LogP contribution in [0.5, 0.6) is 0 Å². The number of amides is 1. The fourth-order valence-corrected chi connectivity index (χ4v) is 3.94. The maximum absolute atomic E-state index is 13.5. The Morgan fingerprint density at radius 3 is 2.48 bits per heavy atom. The number of hydrogen-bond donors (Lipinski definition) is 1. The highest BCUT2D eigenvalue weighted by Crippen LogP contribution is 2.37. The average molecular weight is 346 g/mol. The average Bonchev–Trinajstić information content (AvgIpc) is 2.91. The van der Waals surface area contributed by atoms with Gasteiger partial charge in [0.2, 0.25) is 0 Å². The van der Waals surface area contributed by atoms with Gasteiger partial charge in [-0.3, -0.25) is 4.79 Å². The molecule has 0 radical (unpaired) electrons. The Balaban J connectivity index is 1.80. The van der Waals surface area contributed by atoms with Crippen LogP contribution in [0.15, 0.2) is 30.3 Å². The zero-order valence-corrected chi connectivity index (χ0v) is 13.7. The first-order chi connectivity index (χ1) is 11.9. The minimum absolute atomic E-state index is 0.183. The van der Waals surface area contributed by atoms with E-state index in [2.05, 4.69) is 17.3 Å². The van der Waals surface area contributed by atoms with Crippen molar-refractivity contribution in [2.45, 2.75) is 5.92 Å². The number of nitrogens with one attached hydrogen (secondary N) is 1. The highest BCUT2D eigenvalue weighted by atomic mass is 19.2. The van der Waals surface area contributed by atoms with Crippen LogP contribution in [-0.2, 0) is 0 Å². The monoisotopic (exact) mass is 346 g/mol. The Morgan fingerprint density at radius 1 is 1.04 bits per heavy atom. The molecule has 0 aromatic heterocycles. The van der Waals surface area contributed by atoms with E-state index in [-0.39, 0.29) is 17.4 Å². The van der Waals surface area contributed by atoms with Crippen LogP contribution >= 0.6 is 0 Å². The van der Waals surface area contributed by atoms with Crippen molar-refractivity contribution in [2.24, 2.45) is 5.92 Å². The molecule has 4 rings (SSSR count). The Morgan fingerprint density at radius 2 is 1.76 bits per heavy atom. The van der Waals surface area contributed by atoms with E-state index >= 15 is 0 Å². The molecule has 2 aliphatic rings. The summed E-state index contributed by atoms with van der Waals surface area (Å²) in [4.78, 5) is 14.7. The summed E-state index contributed by atoms with van der Waals surface area (Å²) in [7, 11) is 2.05. The van der Waals surface area contributed by atoms with Crippen LogP contribution in [0.2, 0.25) is 0 Å². The van der Waals surface area contributed by atoms with Gasteiger partial charge in [0.25, 0.3) is 5.91 Å². The van der Waals surface area contributed by atoms with Gasteiger partial charge in [0.05, 0.1) is 0 Å². The first-order valence-corrected chi connectivity index (χ1v) is 8.19. The van der Waals surface area contributed by atoms with Gasteiger partial charge in [-0.05, 0) is 47.9 Å². The zero-order chi connectivity index (χ0) is 17.7. The fourth-order valence-electron chi connectivity index (χ4n) is 3.94. The van der Waals surface area contributed by atoms with E-state index in [1.165, 1.54) is 0 Å². The number of carbonyl (C=O) groups excluding carboxylic acids is 1. The summed E-state index contributed by atoms with van der Waals surface area (Å²) in [6.07, 6.45) is 0. The van der Waals surface area contributed by atoms with E-state index in [0.29, 0.717) is 23.6 Å². The lowest BCUT2D eigenvalue weighted by Crippen LogP contribution is -2.29. The van der Waals surface area contributed by atoms with Crippen molar-refractivity contribution < 1.29 is 18.0 Å². The van der Waals surface area contributed by atoms with Crippen LogP contribution in [0.4, 0.5) is 13.2 Å². The van der Waals surface area contributed by atoms with Crippen molar-refractivity contribution in [2.75, 3.05) is 26.7 Å².